The van der Waals surface area contributed by atoms with Crippen molar-refractivity contribution < 1.29 is 4.79 Å². The van der Waals surface area contributed by atoms with Gasteiger partial charge in [0.05, 0.1) is 6.54 Å². The van der Waals surface area contributed by atoms with Crippen molar-refractivity contribution >= 4 is 11.6 Å². The third kappa shape index (κ3) is 3.65. The van der Waals surface area contributed by atoms with Crippen molar-refractivity contribution in [3.8, 4) is 0 Å². The molecule has 0 aliphatic carbocycles. The predicted molar refractivity (Wildman–Crippen MR) is 80.3 cm³/mol. The molecule has 0 aliphatic heterocycles. The Morgan fingerprint density at radius 2 is 2.15 bits per heavy atom. The quantitative estimate of drug-likeness (QED) is 0.905. The van der Waals surface area contributed by atoms with Gasteiger partial charge < -0.3 is 10.6 Å². The summed E-state index contributed by atoms with van der Waals surface area (Å²) in [5, 5.41) is 0. The predicted octanol–water partition coefficient (Wildman–Crippen LogP) is 2.27. The Hall–Kier alpha value is -2.20. The van der Waals surface area contributed by atoms with Gasteiger partial charge in [-0.15, -0.1) is 0 Å². The fourth-order valence-corrected chi connectivity index (χ4v) is 2.05. The van der Waals surface area contributed by atoms with Gasteiger partial charge in [0, 0.05) is 31.0 Å². The zero-order valence-electron chi connectivity index (χ0n) is 11.6. The molecule has 1 amide bonds. The summed E-state index contributed by atoms with van der Waals surface area (Å²) in [5.74, 6) is 0.0296. The second kappa shape index (κ2) is 6.82. The molecule has 0 unspecified atom stereocenters. The number of amides is 1. The fourth-order valence-electron chi connectivity index (χ4n) is 2.05. The molecule has 0 aliphatic rings. The van der Waals surface area contributed by atoms with Crippen molar-refractivity contribution in [3.63, 3.8) is 0 Å². The number of benzene rings is 1. The van der Waals surface area contributed by atoms with Crippen LogP contribution in [0.1, 0.15) is 17.5 Å². The van der Waals surface area contributed by atoms with E-state index in [1.54, 1.807) is 17.3 Å². The van der Waals surface area contributed by atoms with Gasteiger partial charge in [0.2, 0.25) is 5.91 Å². The zero-order chi connectivity index (χ0) is 14.4. The summed E-state index contributed by atoms with van der Waals surface area (Å²) in [5.41, 5.74) is 8.53. The number of anilines is 1. The van der Waals surface area contributed by atoms with E-state index in [4.69, 9.17) is 5.73 Å². The molecule has 0 spiro atoms. The number of carbonyl (C=O) groups excluding carboxylic acids is 1. The number of nitrogens with zero attached hydrogens (tertiary/aromatic N) is 2. The van der Waals surface area contributed by atoms with Crippen molar-refractivity contribution in [1.82, 2.24) is 4.98 Å². The molecule has 20 heavy (non-hydrogen) atoms. The number of carbonyl (C=O) groups is 1. The number of hydrogen-bond acceptors (Lipinski definition) is 3. The van der Waals surface area contributed by atoms with Crippen molar-refractivity contribution in [3.05, 3.63) is 59.9 Å². The van der Waals surface area contributed by atoms with E-state index in [-0.39, 0.29) is 5.91 Å². The van der Waals surface area contributed by atoms with Gasteiger partial charge in [-0.25, -0.2) is 0 Å². The molecule has 2 N–H and O–H groups in total. The van der Waals surface area contributed by atoms with Gasteiger partial charge in [-0.1, -0.05) is 18.2 Å². The van der Waals surface area contributed by atoms with Crippen LogP contribution in [0, 0.1) is 6.92 Å². The van der Waals surface area contributed by atoms with E-state index in [9.17, 15) is 4.79 Å². The Labute approximate surface area is 119 Å². The molecule has 4 nitrogen and oxygen atoms in total. The van der Waals surface area contributed by atoms with Crippen molar-refractivity contribution in [2.75, 3.05) is 11.4 Å². The van der Waals surface area contributed by atoms with Gasteiger partial charge in [0.25, 0.3) is 0 Å². The molecule has 0 saturated heterocycles. The maximum absolute atomic E-state index is 12.3. The Bertz CT molecular complexity index is 569. The van der Waals surface area contributed by atoms with E-state index < -0.39 is 0 Å². The topological polar surface area (TPSA) is 59.2 Å². The molecule has 1 heterocycles. The van der Waals surface area contributed by atoms with E-state index in [1.807, 2.05) is 43.3 Å². The Morgan fingerprint density at radius 1 is 1.30 bits per heavy atom. The minimum atomic E-state index is 0.0296. The third-order valence-electron chi connectivity index (χ3n) is 3.04. The van der Waals surface area contributed by atoms with Gasteiger partial charge in [-0.3, -0.25) is 9.78 Å². The van der Waals surface area contributed by atoms with Crippen LogP contribution >= 0.6 is 0 Å². The first-order chi connectivity index (χ1) is 9.70. The molecule has 0 saturated carbocycles. The summed E-state index contributed by atoms with van der Waals surface area (Å²) < 4.78 is 0. The van der Waals surface area contributed by atoms with Crippen LogP contribution in [0.2, 0.25) is 0 Å². The molecule has 2 aromatic rings. The summed E-state index contributed by atoms with van der Waals surface area (Å²) in [6.45, 7) is 2.88. The average Bonchev–Trinajstić information content (AvgIpc) is 2.46. The second-order valence-electron chi connectivity index (χ2n) is 4.72. The van der Waals surface area contributed by atoms with Gasteiger partial charge in [0.1, 0.15) is 0 Å². The van der Waals surface area contributed by atoms with Crippen molar-refractivity contribution in [2.24, 2.45) is 5.73 Å². The highest BCUT2D eigenvalue weighted by atomic mass is 16.2. The van der Waals surface area contributed by atoms with Crippen LogP contribution in [-0.2, 0) is 11.3 Å². The SMILES string of the molecule is Cc1cccc(N(Cc2cccnc2)C(=O)CCN)c1. The summed E-state index contributed by atoms with van der Waals surface area (Å²) in [6, 6.07) is 11.8. The molecule has 0 bridgehead atoms. The van der Waals surface area contributed by atoms with Crippen molar-refractivity contribution in [2.45, 2.75) is 19.9 Å². The number of aromatic nitrogens is 1. The largest absolute Gasteiger partial charge is 0.330 e. The lowest BCUT2D eigenvalue weighted by Gasteiger charge is -2.23. The highest BCUT2D eigenvalue weighted by Crippen LogP contribution is 2.19. The fraction of sp³-hybridized carbons (Fsp3) is 0.250. The maximum Gasteiger partial charge on any atom is 0.228 e. The minimum Gasteiger partial charge on any atom is -0.330 e. The van der Waals surface area contributed by atoms with Gasteiger partial charge in [0.15, 0.2) is 0 Å². The summed E-state index contributed by atoms with van der Waals surface area (Å²) >= 11 is 0. The third-order valence-corrected chi connectivity index (χ3v) is 3.04. The Kier molecular flexibility index (Phi) is 4.85. The smallest absolute Gasteiger partial charge is 0.228 e. The van der Waals surface area contributed by atoms with Crippen LogP contribution in [-0.4, -0.2) is 17.4 Å². The van der Waals surface area contributed by atoms with E-state index in [0.717, 1.165) is 16.8 Å². The summed E-state index contributed by atoms with van der Waals surface area (Å²) in [7, 11) is 0. The molecule has 0 radical (unpaired) electrons. The average molecular weight is 269 g/mol. The van der Waals surface area contributed by atoms with E-state index in [1.165, 1.54) is 0 Å². The summed E-state index contributed by atoms with van der Waals surface area (Å²) in [6.07, 6.45) is 3.84. The molecule has 1 aromatic heterocycles. The first-order valence-electron chi connectivity index (χ1n) is 6.66. The summed E-state index contributed by atoms with van der Waals surface area (Å²) in [4.78, 5) is 18.1. The Morgan fingerprint density at radius 3 is 2.80 bits per heavy atom. The van der Waals surface area contributed by atoms with Crippen LogP contribution in [0.4, 0.5) is 5.69 Å². The zero-order valence-corrected chi connectivity index (χ0v) is 11.6. The highest BCUT2D eigenvalue weighted by molar-refractivity contribution is 5.93. The number of hydrogen-bond donors (Lipinski definition) is 1. The standard InChI is InChI=1S/C16H19N3O/c1-13-4-2-6-15(10-13)19(16(20)7-8-17)12-14-5-3-9-18-11-14/h2-6,9-11H,7-8,12,17H2,1H3. The lowest BCUT2D eigenvalue weighted by molar-refractivity contribution is -0.118. The number of aryl methyl sites for hydroxylation is 1. The second-order valence-corrected chi connectivity index (χ2v) is 4.72. The lowest BCUT2D eigenvalue weighted by Crippen LogP contribution is -2.31. The molecule has 1 aromatic carbocycles. The normalized spacial score (nSPS) is 10.3. The first kappa shape index (κ1) is 14.2. The van der Waals surface area contributed by atoms with Crippen LogP contribution in [0.25, 0.3) is 0 Å². The van der Waals surface area contributed by atoms with Crippen molar-refractivity contribution in [1.29, 1.82) is 0 Å². The van der Waals surface area contributed by atoms with Crippen LogP contribution in [0.3, 0.4) is 0 Å². The molecular weight excluding hydrogens is 250 g/mol. The van der Waals surface area contributed by atoms with E-state index in [0.29, 0.717) is 19.5 Å². The van der Waals surface area contributed by atoms with Crippen LogP contribution < -0.4 is 10.6 Å². The molecule has 104 valence electrons. The number of rotatable bonds is 5. The highest BCUT2D eigenvalue weighted by Gasteiger charge is 2.15. The molecule has 0 atom stereocenters. The van der Waals surface area contributed by atoms with Gasteiger partial charge in [-0.2, -0.15) is 0 Å². The van der Waals surface area contributed by atoms with Crippen LogP contribution in [0.5, 0.6) is 0 Å². The van der Waals surface area contributed by atoms with Gasteiger partial charge in [-0.05, 0) is 36.2 Å². The Balaban J connectivity index is 2.27. The monoisotopic (exact) mass is 269 g/mol. The maximum atomic E-state index is 12.3. The lowest BCUT2D eigenvalue weighted by atomic mass is 10.1. The van der Waals surface area contributed by atoms with Gasteiger partial charge >= 0.3 is 0 Å². The molecule has 0 fully saturated rings. The minimum absolute atomic E-state index is 0.0296. The van der Waals surface area contributed by atoms with Crippen LogP contribution in [0.15, 0.2) is 48.8 Å². The molecule has 4 heteroatoms. The molecule has 2 rings (SSSR count). The van der Waals surface area contributed by atoms with E-state index in [2.05, 4.69) is 4.98 Å². The number of nitrogens with two attached hydrogens (primary N) is 1. The first-order valence-corrected chi connectivity index (χ1v) is 6.66. The van der Waals surface area contributed by atoms with E-state index >= 15 is 0 Å². The molecular formula is C16H19N3O. The number of pyridine rings is 1.